The highest BCUT2D eigenvalue weighted by molar-refractivity contribution is 5.88. The van der Waals surface area contributed by atoms with Gasteiger partial charge in [0, 0.05) is 25.4 Å². The summed E-state index contributed by atoms with van der Waals surface area (Å²) in [6.07, 6.45) is 7.74. The Hall–Kier alpha value is -2.18. The number of rotatable bonds is 4. The van der Waals surface area contributed by atoms with Gasteiger partial charge in [0.05, 0.1) is 10.5 Å². The number of hydrogen-bond acceptors (Lipinski definition) is 5. The molecule has 2 rings (SSSR count). The molecular weight excluding hydrogens is 274 g/mol. The topological polar surface area (TPSA) is 96.6 Å². The van der Waals surface area contributed by atoms with E-state index in [1.54, 1.807) is 7.05 Å². The molecule has 0 bridgehead atoms. The van der Waals surface area contributed by atoms with E-state index in [1.165, 1.54) is 19.0 Å². The van der Waals surface area contributed by atoms with Gasteiger partial charge in [0.2, 0.25) is 5.82 Å². The van der Waals surface area contributed by atoms with Gasteiger partial charge in [-0.15, -0.1) is 0 Å². The average Bonchev–Trinajstić information content (AvgIpc) is 2.74. The summed E-state index contributed by atoms with van der Waals surface area (Å²) < 4.78 is 0. The van der Waals surface area contributed by atoms with E-state index in [0.29, 0.717) is 0 Å². The molecule has 1 fully saturated rings. The molecule has 7 heteroatoms. The molecule has 114 valence electrons. The third kappa shape index (κ3) is 3.48. The summed E-state index contributed by atoms with van der Waals surface area (Å²) in [6, 6.07) is 1.30. The Balaban J connectivity index is 2.32. The Labute approximate surface area is 122 Å². The summed E-state index contributed by atoms with van der Waals surface area (Å²) in [5, 5.41) is 20.1. The van der Waals surface area contributed by atoms with Crippen molar-refractivity contribution in [2.45, 2.75) is 44.6 Å². The first kappa shape index (κ1) is 15.2. The highest BCUT2D eigenvalue weighted by Gasteiger charge is 2.26. The predicted octanol–water partition coefficient (Wildman–Crippen LogP) is 2.85. The van der Waals surface area contributed by atoms with Gasteiger partial charge in [0.25, 0.3) is 0 Å². The normalized spacial score (nSPS) is 16.2. The molecule has 0 atom stereocenters. The Bertz CT molecular complexity index is 539. The van der Waals surface area contributed by atoms with Gasteiger partial charge in [-0.1, -0.05) is 25.7 Å². The molecule has 1 saturated carbocycles. The Morgan fingerprint density at radius 3 is 2.52 bits per heavy atom. The van der Waals surface area contributed by atoms with E-state index in [1.807, 2.05) is 4.90 Å². The number of carboxylic acids is 1. The molecule has 0 radical (unpaired) electrons. The highest BCUT2D eigenvalue weighted by Crippen LogP contribution is 2.30. The lowest BCUT2D eigenvalue weighted by Gasteiger charge is -2.27. The number of carbonyl (C=O) groups is 1. The summed E-state index contributed by atoms with van der Waals surface area (Å²) >= 11 is 0. The maximum atomic E-state index is 11.2. The van der Waals surface area contributed by atoms with Crippen LogP contribution in [-0.2, 0) is 0 Å². The second-order valence-corrected chi connectivity index (χ2v) is 5.39. The molecule has 1 aromatic rings. The lowest BCUT2D eigenvalue weighted by Crippen LogP contribution is -2.32. The molecule has 1 aliphatic carbocycles. The van der Waals surface area contributed by atoms with E-state index in [-0.39, 0.29) is 23.1 Å². The number of hydrogen-bond donors (Lipinski definition) is 1. The number of aromatic carboxylic acids is 1. The van der Waals surface area contributed by atoms with Crippen LogP contribution >= 0.6 is 0 Å². The first-order valence-electron chi connectivity index (χ1n) is 7.11. The summed E-state index contributed by atoms with van der Waals surface area (Å²) in [5.41, 5.74) is -0.415. The van der Waals surface area contributed by atoms with Crippen molar-refractivity contribution < 1.29 is 14.8 Å². The van der Waals surface area contributed by atoms with E-state index in [9.17, 15) is 14.9 Å². The minimum atomic E-state index is -1.21. The fourth-order valence-corrected chi connectivity index (χ4v) is 2.79. The van der Waals surface area contributed by atoms with Crippen molar-refractivity contribution in [1.82, 2.24) is 4.98 Å². The van der Waals surface area contributed by atoms with Crippen molar-refractivity contribution >= 4 is 17.5 Å². The number of aromatic nitrogens is 1. The molecule has 7 nitrogen and oxygen atoms in total. The van der Waals surface area contributed by atoms with Crippen molar-refractivity contribution in [3.63, 3.8) is 0 Å². The van der Waals surface area contributed by atoms with Gasteiger partial charge < -0.3 is 10.0 Å². The maximum Gasteiger partial charge on any atom is 0.337 e. The fraction of sp³-hybridized carbons (Fsp3) is 0.571. The van der Waals surface area contributed by atoms with Crippen LogP contribution < -0.4 is 4.90 Å². The van der Waals surface area contributed by atoms with Gasteiger partial charge in [-0.05, 0) is 12.8 Å². The number of nitrogens with zero attached hydrogens (tertiary/aromatic N) is 3. The van der Waals surface area contributed by atoms with E-state index in [4.69, 9.17) is 5.11 Å². The Kier molecular flexibility index (Phi) is 4.72. The van der Waals surface area contributed by atoms with Crippen LogP contribution in [0.1, 0.15) is 48.9 Å². The largest absolute Gasteiger partial charge is 0.478 e. The van der Waals surface area contributed by atoms with Crippen LogP contribution in [0.5, 0.6) is 0 Å². The third-order valence-electron chi connectivity index (χ3n) is 4.00. The summed E-state index contributed by atoms with van der Waals surface area (Å²) in [6.45, 7) is 0. The molecule has 0 saturated heterocycles. The zero-order valence-corrected chi connectivity index (χ0v) is 12.0. The predicted molar refractivity (Wildman–Crippen MR) is 77.7 cm³/mol. The third-order valence-corrected chi connectivity index (χ3v) is 4.00. The molecule has 1 aromatic heterocycles. The van der Waals surface area contributed by atoms with Crippen molar-refractivity contribution in [3.8, 4) is 0 Å². The lowest BCUT2D eigenvalue weighted by atomic mass is 10.1. The zero-order chi connectivity index (χ0) is 15.4. The zero-order valence-electron chi connectivity index (χ0n) is 12.0. The van der Waals surface area contributed by atoms with Gasteiger partial charge in [-0.25, -0.2) is 9.78 Å². The number of nitro groups is 1. The van der Waals surface area contributed by atoms with Gasteiger partial charge in [-0.2, -0.15) is 0 Å². The van der Waals surface area contributed by atoms with Crippen LogP contribution in [0.15, 0.2) is 12.3 Å². The van der Waals surface area contributed by atoms with Crippen molar-refractivity contribution in [1.29, 1.82) is 0 Å². The molecule has 1 heterocycles. The molecule has 1 N–H and O–H groups in total. The quantitative estimate of drug-likeness (QED) is 0.521. The van der Waals surface area contributed by atoms with Crippen LogP contribution in [0.4, 0.5) is 11.5 Å². The van der Waals surface area contributed by atoms with Gasteiger partial charge in [0.1, 0.15) is 0 Å². The van der Waals surface area contributed by atoms with Crippen molar-refractivity contribution in [2.75, 3.05) is 11.9 Å². The van der Waals surface area contributed by atoms with Crippen molar-refractivity contribution in [2.24, 2.45) is 0 Å². The number of pyridine rings is 1. The standard InChI is InChI=1S/C14H19N3O4/c1-16(11-6-4-2-3-5-7-11)13-12(17(20)21)8-10(9-15-13)14(18)19/h8-9,11H,2-7H2,1H3,(H,18,19). The maximum absolute atomic E-state index is 11.2. The van der Waals surface area contributed by atoms with Gasteiger partial charge in [-0.3, -0.25) is 10.1 Å². The SMILES string of the molecule is CN(c1ncc(C(=O)O)cc1[N+](=O)[O-])C1CCCCCC1. The molecule has 0 amide bonds. The average molecular weight is 293 g/mol. The van der Waals surface area contributed by atoms with Crippen LogP contribution in [0.2, 0.25) is 0 Å². The summed E-state index contributed by atoms with van der Waals surface area (Å²) in [4.78, 5) is 27.4. The van der Waals surface area contributed by atoms with Crippen LogP contribution in [0.25, 0.3) is 0 Å². The second kappa shape index (κ2) is 6.51. The van der Waals surface area contributed by atoms with Crippen molar-refractivity contribution in [3.05, 3.63) is 27.9 Å². The first-order valence-corrected chi connectivity index (χ1v) is 7.11. The number of anilines is 1. The van der Waals surface area contributed by atoms with Crippen LogP contribution in [-0.4, -0.2) is 34.1 Å². The molecule has 0 aromatic carbocycles. The molecular formula is C14H19N3O4. The van der Waals surface area contributed by atoms with Crippen LogP contribution in [0.3, 0.4) is 0 Å². The Morgan fingerprint density at radius 2 is 2.00 bits per heavy atom. The Morgan fingerprint density at radius 1 is 1.38 bits per heavy atom. The molecule has 0 aliphatic heterocycles. The monoisotopic (exact) mass is 293 g/mol. The van der Waals surface area contributed by atoms with E-state index < -0.39 is 10.9 Å². The highest BCUT2D eigenvalue weighted by atomic mass is 16.6. The van der Waals surface area contributed by atoms with Gasteiger partial charge >= 0.3 is 11.7 Å². The summed E-state index contributed by atoms with van der Waals surface area (Å²) in [5.74, 6) is -0.967. The lowest BCUT2D eigenvalue weighted by molar-refractivity contribution is -0.384. The molecule has 21 heavy (non-hydrogen) atoms. The molecule has 0 unspecified atom stereocenters. The van der Waals surface area contributed by atoms with Gasteiger partial charge in [0.15, 0.2) is 0 Å². The minimum absolute atomic E-state index is 0.167. The van der Waals surface area contributed by atoms with E-state index in [2.05, 4.69) is 4.98 Å². The fourth-order valence-electron chi connectivity index (χ4n) is 2.79. The van der Waals surface area contributed by atoms with E-state index in [0.717, 1.165) is 31.7 Å². The number of carboxylic acid groups (broad SMARTS) is 1. The second-order valence-electron chi connectivity index (χ2n) is 5.39. The van der Waals surface area contributed by atoms with E-state index >= 15 is 0 Å². The molecule has 0 spiro atoms. The van der Waals surface area contributed by atoms with Crippen LogP contribution in [0, 0.1) is 10.1 Å². The smallest absolute Gasteiger partial charge is 0.337 e. The summed E-state index contributed by atoms with van der Waals surface area (Å²) in [7, 11) is 1.80. The molecule has 1 aliphatic rings. The minimum Gasteiger partial charge on any atom is -0.478 e. The first-order chi connectivity index (χ1) is 10.0.